The van der Waals surface area contributed by atoms with Crippen LogP contribution in [0.1, 0.15) is 44.7 Å². The van der Waals surface area contributed by atoms with E-state index in [1.165, 1.54) is 35.2 Å². The van der Waals surface area contributed by atoms with Crippen LogP contribution in [0.5, 0.6) is 0 Å². The van der Waals surface area contributed by atoms with Crippen LogP contribution in [0.4, 0.5) is 5.69 Å². The SMILES string of the molecule is CC[C@H](C(=O)N[C@@H](C)CC)N(Cc1c(Cl)cccc1Cl)C(=O)CN(c1cc(Cl)cc(Cl)c1)S(=O)(=O)c1ccc(C)cc1. The maximum absolute atomic E-state index is 14.2. The van der Waals surface area contributed by atoms with Gasteiger partial charge in [-0.25, -0.2) is 8.42 Å². The highest BCUT2D eigenvalue weighted by molar-refractivity contribution is 7.92. The molecule has 0 spiro atoms. The third-order valence-electron chi connectivity index (χ3n) is 6.80. The molecule has 2 amide bonds. The molecule has 3 aromatic rings. The largest absolute Gasteiger partial charge is 0.352 e. The second kappa shape index (κ2) is 14.8. The predicted molar refractivity (Wildman–Crippen MR) is 171 cm³/mol. The average Bonchev–Trinajstić information content (AvgIpc) is 2.92. The molecule has 0 saturated carbocycles. The van der Waals surface area contributed by atoms with Gasteiger partial charge in [-0.3, -0.25) is 13.9 Å². The lowest BCUT2D eigenvalue weighted by Gasteiger charge is -2.34. The minimum Gasteiger partial charge on any atom is -0.352 e. The molecule has 2 atom stereocenters. The van der Waals surface area contributed by atoms with Crippen LogP contribution in [0, 0.1) is 6.92 Å². The first kappa shape index (κ1) is 34.0. The zero-order valence-corrected chi connectivity index (χ0v) is 27.5. The minimum absolute atomic E-state index is 0.0285. The van der Waals surface area contributed by atoms with E-state index in [0.717, 1.165) is 9.87 Å². The van der Waals surface area contributed by atoms with Crippen molar-refractivity contribution in [1.29, 1.82) is 0 Å². The van der Waals surface area contributed by atoms with Crippen LogP contribution in [-0.4, -0.2) is 43.8 Å². The van der Waals surface area contributed by atoms with Gasteiger partial charge >= 0.3 is 0 Å². The van der Waals surface area contributed by atoms with E-state index in [9.17, 15) is 18.0 Å². The van der Waals surface area contributed by atoms with Gasteiger partial charge in [0.1, 0.15) is 12.6 Å². The number of aryl methyl sites for hydroxylation is 1. The molecular weight excluding hydrogens is 640 g/mol. The molecule has 0 heterocycles. The zero-order chi connectivity index (χ0) is 31.2. The van der Waals surface area contributed by atoms with Gasteiger partial charge in [-0.15, -0.1) is 0 Å². The van der Waals surface area contributed by atoms with Crippen LogP contribution in [0.15, 0.2) is 65.6 Å². The molecular formula is C30H33Cl4N3O4S. The predicted octanol–water partition coefficient (Wildman–Crippen LogP) is 7.53. The van der Waals surface area contributed by atoms with E-state index in [4.69, 9.17) is 46.4 Å². The Kier molecular flexibility index (Phi) is 12.0. The number of halogens is 4. The van der Waals surface area contributed by atoms with Crippen molar-refractivity contribution in [3.63, 3.8) is 0 Å². The fraction of sp³-hybridized carbons (Fsp3) is 0.333. The van der Waals surface area contributed by atoms with Crippen LogP contribution < -0.4 is 9.62 Å². The summed E-state index contributed by atoms with van der Waals surface area (Å²) < 4.78 is 28.9. The van der Waals surface area contributed by atoms with Gasteiger partial charge in [0, 0.05) is 38.2 Å². The first-order valence-corrected chi connectivity index (χ1v) is 16.3. The van der Waals surface area contributed by atoms with E-state index < -0.39 is 28.5 Å². The molecule has 0 bridgehead atoms. The number of anilines is 1. The quantitative estimate of drug-likeness (QED) is 0.216. The second-order valence-corrected chi connectivity index (χ2v) is 13.5. The average molecular weight is 673 g/mol. The number of hydrogen-bond acceptors (Lipinski definition) is 4. The minimum atomic E-state index is -4.28. The third kappa shape index (κ3) is 8.32. The topological polar surface area (TPSA) is 86.8 Å². The normalized spacial score (nSPS) is 12.9. The van der Waals surface area contributed by atoms with E-state index in [2.05, 4.69) is 5.32 Å². The van der Waals surface area contributed by atoms with E-state index in [1.54, 1.807) is 37.3 Å². The van der Waals surface area contributed by atoms with Crippen LogP contribution in [0.25, 0.3) is 0 Å². The smallest absolute Gasteiger partial charge is 0.264 e. The molecule has 226 valence electrons. The molecule has 0 saturated heterocycles. The summed E-state index contributed by atoms with van der Waals surface area (Å²) in [6.07, 6.45) is 0.939. The van der Waals surface area contributed by atoms with E-state index in [-0.39, 0.29) is 45.5 Å². The maximum atomic E-state index is 14.2. The summed E-state index contributed by atoms with van der Waals surface area (Å²) in [5.74, 6) is -1.02. The molecule has 42 heavy (non-hydrogen) atoms. The van der Waals surface area contributed by atoms with Crippen LogP contribution in [-0.2, 0) is 26.2 Å². The molecule has 7 nitrogen and oxygen atoms in total. The summed E-state index contributed by atoms with van der Waals surface area (Å²) in [4.78, 5) is 28.9. The first-order valence-electron chi connectivity index (χ1n) is 13.4. The summed E-state index contributed by atoms with van der Waals surface area (Å²) in [6.45, 7) is 6.62. The molecule has 0 aliphatic heterocycles. The van der Waals surface area contributed by atoms with Gasteiger partial charge in [-0.05, 0) is 69.2 Å². The van der Waals surface area contributed by atoms with Gasteiger partial charge in [0.25, 0.3) is 10.0 Å². The van der Waals surface area contributed by atoms with Gasteiger partial charge in [-0.2, -0.15) is 0 Å². The van der Waals surface area contributed by atoms with Crippen molar-refractivity contribution >= 4 is 73.9 Å². The maximum Gasteiger partial charge on any atom is 0.264 e. The van der Waals surface area contributed by atoms with Gasteiger partial charge in [0.05, 0.1) is 10.6 Å². The number of nitrogens with one attached hydrogen (secondary N) is 1. The van der Waals surface area contributed by atoms with Gasteiger partial charge in [-0.1, -0.05) is 84.0 Å². The number of carbonyl (C=O) groups excluding carboxylic acids is 2. The monoisotopic (exact) mass is 671 g/mol. The summed E-state index contributed by atoms with van der Waals surface area (Å²) in [5.41, 5.74) is 1.39. The van der Waals surface area contributed by atoms with Crippen LogP contribution in [0.2, 0.25) is 20.1 Å². The molecule has 0 radical (unpaired) electrons. The molecule has 0 aliphatic carbocycles. The number of hydrogen-bond donors (Lipinski definition) is 1. The Morgan fingerprint density at radius 1 is 0.881 bits per heavy atom. The van der Waals surface area contributed by atoms with Crippen molar-refractivity contribution in [3.8, 4) is 0 Å². The Labute approximate surface area is 267 Å². The molecule has 0 aliphatic rings. The Morgan fingerprint density at radius 3 is 1.98 bits per heavy atom. The standard InChI is InChI=1S/C30H33Cl4N3O4S/c1-5-20(4)35-30(39)28(6-2)36(17-25-26(33)8-7-9-27(25)34)29(38)18-37(23-15-21(31)14-22(32)16-23)42(40,41)24-12-10-19(3)11-13-24/h7-16,20,28H,5-6,17-18H2,1-4H3,(H,35,39)/t20-,28+/m0/s1. The molecule has 12 heteroatoms. The number of sulfonamides is 1. The lowest BCUT2D eigenvalue weighted by Crippen LogP contribution is -2.53. The Hall–Kier alpha value is -2.49. The van der Waals surface area contributed by atoms with Crippen molar-refractivity contribution < 1.29 is 18.0 Å². The summed E-state index contributed by atoms with van der Waals surface area (Å²) >= 11 is 25.4. The molecule has 1 N–H and O–H groups in total. The number of nitrogens with zero attached hydrogens (tertiary/aromatic N) is 2. The summed E-state index contributed by atoms with van der Waals surface area (Å²) in [6, 6.07) is 14.4. The van der Waals surface area contributed by atoms with Crippen molar-refractivity contribution in [2.75, 3.05) is 10.8 Å². The Bertz CT molecular complexity index is 1490. The number of rotatable bonds is 12. The Balaban J connectivity index is 2.13. The highest BCUT2D eigenvalue weighted by Gasteiger charge is 2.34. The number of benzene rings is 3. The highest BCUT2D eigenvalue weighted by Crippen LogP contribution is 2.31. The zero-order valence-electron chi connectivity index (χ0n) is 23.7. The number of carbonyl (C=O) groups is 2. The molecule has 3 rings (SSSR count). The van der Waals surface area contributed by atoms with Crippen molar-refractivity contribution in [3.05, 3.63) is 91.9 Å². The van der Waals surface area contributed by atoms with Gasteiger partial charge in [0.15, 0.2) is 0 Å². The van der Waals surface area contributed by atoms with E-state index in [1.807, 2.05) is 20.8 Å². The first-order chi connectivity index (χ1) is 19.8. The Morgan fingerprint density at radius 2 is 1.45 bits per heavy atom. The lowest BCUT2D eigenvalue weighted by molar-refractivity contribution is -0.140. The van der Waals surface area contributed by atoms with Crippen molar-refractivity contribution in [2.24, 2.45) is 0 Å². The van der Waals surface area contributed by atoms with Crippen LogP contribution >= 0.6 is 46.4 Å². The lowest BCUT2D eigenvalue weighted by atomic mass is 10.1. The fourth-order valence-corrected chi connectivity index (χ4v) is 6.69. The van der Waals surface area contributed by atoms with Crippen molar-refractivity contribution in [1.82, 2.24) is 10.2 Å². The molecule has 0 fully saturated rings. The van der Waals surface area contributed by atoms with Crippen molar-refractivity contribution in [2.45, 2.75) is 64.1 Å². The van der Waals surface area contributed by atoms with E-state index >= 15 is 0 Å². The third-order valence-corrected chi connectivity index (χ3v) is 9.73. The number of amides is 2. The fourth-order valence-electron chi connectivity index (χ4n) is 4.26. The molecule has 0 aromatic heterocycles. The summed E-state index contributed by atoms with van der Waals surface area (Å²) in [5, 5.41) is 3.92. The van der Waals surface area contributed by atoms with Gasteiger partial charge in [0.2, 0.25) is 11.8 Å². The second-order valence-electron chi connectivity index (χ2n) is 9.92. The summed E-state index contributed by atoms with van der Waals surface area (Å²) in [7, 11) is -4.28. The van der Waals surface area contributed by atoms with E-state index in [0.29, 0.717) is 22.0 Å². The molecule has 3 aromatic carbocycles. The van der Waals surface area contributed by atoms with Gasteiger partial charge < -0.3 is 10.2 Å². The molecule has 0 unspecified atom stereocenters. The van der Waals surface area contributed by atoms with Crippen LogP contribution in [0.3, 0.4) is 0 Å². The highest BCUT2D eigenvalue weighted by atomic mass is 35.5.